The van der Waals surface area contributed by atoms with Gasteiger partial charge in [-0.3, -0.25) is 9.79 Å². The van der Waals surface area contributed by atoms with Gasteiger partial charge in [0.1, 0.15) is 11.9 Å². The van der Waals surface area contributed by atoms with Gasteiger partial charge in [0.25, 0.3) is 5.91 Å². The summed E-state index contributed by atoms with van der Waals surface area (Å²) in [5, 5.41) is 6.76. The molecule has 28 heavy (non-hydrogen) atoms. The van der Waals surface area contributed by atoms with Gasteiger partial charge < -0.3 is 25.2 Å². The molecule has 1 aromatic rings. The Kier molecular flexibility index (Phi) is 7.90. The number of guanidine groups is 1. The van der Waals surface area contributed by atoms with Crippen LogP contribution < -0.4 is 10.6 Å². The smallest absolute Gasteiger partial charge is 0.251 e. The van der Waals surface area contributed by atoms with Gasteiger partial charge in [0.05, 0.1) is 0 Å². The summed E-state index contributed by atoms with van der Waals surface area (Å²) in [6.07, 6.45) is 5.54. The number of ether oxygens (including phenoxy) is 1. The average Bonchev–Trinajstić information content (AvgIpc) is 3.29. The molecule has 3 heterocycles. The first kappa shape index (κ1) is 20.4. The monoisotopic (exact) mass is 388 g/mol. The van der Waals surface area contributed by atoms with Crippen molar-refractivity contribution in [2.75, 3.05) is 58.2 Å². The summed E-state index contributed by atoms with van der Waals surface area (Å²) in [6, 6.07) is 5.87. The number of unbranched alkanes of at least 4 members (excludes halogenated alkanes) is 1. The molecule has 0 spiro atoms. The van der Waals surface area contributed by atoms with Crippen LogP contribution in [0.25, 0.3) is 0 Å². The second kappa shape index (κ2) is 10.8. The van der Waals surface area contributed by atoms with Crippen LogP contribution in [0.4, 0.5) is 5.82 Å². The van der Waals surface area contributed by atoms with Crippen molar-refractivity contribution in [1.82, 2.24) is 20.1 Å². The molecule has 1 aromatic heterocycles. The summed E-state index contributed by atoms with van der Waals surface area (Å²) in [6.45, 7) is 5.57. The highest BCUT2D eigenvalue weighted by Gasteiger charge is 2.30. The predicted octanol–water partition coefficient (Wildman–Crippen LogP) is 1.17. The fourth-order valence-electron chi connectivity index (χ4n) is 3.58. The highest BCUT2D eigenvalue weighted by Crippen LogP contribution is 2.16. The molecule has 1 atom stereocenters. The van der Waals surface area contributed by atoms with E-state index in [1.54, 1.807) is 6.20 Å². The van der Waals surface area contributed by atoms with Crippen LogP contribution in [-0.2, 0) is 9.53 Å². The van der Waals surface area contributed by atoms with Crippen LogP contribution >= 0.6 is 0 Å². The molecule has 1 amide bonds. The standard InChI is InChI=1S/C20H32N6O2/c1-21-20(24-11-5-4-10-23-18-8-2-3-9-22-18)26-14-12-25(13-15-26)19(27)17-7-6-16-28-17/h2-3,8-9,17H,4-7,10-16H2,1H3,(H,21,24)(H,22,23). The maximum atomic E-state index is 12.4. The number of aliphatic imine (C=N–C) groups is 1. The third-order valence-electron chi connectivity index (χ3n) is 5.17. The van der Waals surface area contributed by atoms with Crippen molar-refractivity contribution in [2.45, 2.75) is 31.8 Å². The van der Waals surface area contributed by atoms with Crippen molar-refractivity contribution >= 4 is 17.7 Å². The predicted molar refractivity (Wildman–Crippen MR) is 110 cm³/mol. The number of nitrogens with one attached hydrogen (secondary N) is 2. The minimum atomic E-state index is -0.219. The van der Waals surface area contributed by atoms with E-state index in [1.165, 1.54) is 0 Å². The first-order chi connectivity index (χ1) is 13.8. The fourth-order valence-corrected chi connectivity index (χ4v) is 3.58. The quantitative estimate of drug-likeness (QED) is 0.415. The number of nitrogens with zero attached hydrogens (tertiary/aromatic N) is 4. The lowest BCUT2D eigenvalue weighted by molar-refractivity contribution is -0.142. The van der Waals surface area contributed by atoms with Crippen molar-refractivity contribution < 1.29 is 9.53 Å². The second-order valence-corrected chi connectivity index (χ2v) is 7.14. The van der Waals surface area contributed by atoms with Crippen molar-refractivity contribution in [3.05, 3.63) is 24.4 Å². The Morgan fingerprint density at radius 3 is 2.68 bits per heavy atom. The third-order valence-corrected chi connectivity index (χ3v) is 5.17. The van der Waals surface area contributed by atoms with Gasteiger partial charge >= 0.3 is 0 Å². The number of carbonyl (C=O) groups excluding carboxylic acids is 1. The maximum absolute atomic E-state index is 12.4. The van der Waals surface area contributed by atoms with E-state index in [0.29, 0.717) is 6.61 Å². The molecule has 2 saturated heterocycles. The van der Waals surface area contributed by atoms with Crippen LogP contribution in [0.2, 0.25) is 0 Å². The normalized spacial score (nSPS) is 20.3. The van der Waals surface area contributed by atoms with Crippen molar-refractivity contribution in [1.29, 1.82) is 0 Å². The van der Waals surface area contributed by atoms with Gasteiger partial charge in [-0.25, -0.2) is 4.98 Å². The molecule has 1 unspecified atom stereocenters. The number of amides is 1. The number of pyridine rings is 1. The van der Waals surface area contributed by atoms with Gasteiger partial charge in [-0.15, -0.1) is 0 Å². The average molecular weight is 389 g/mol. The van der Waals surface area contributed by atoms with E-state index < -0.39 is 0 Å². The number of rotatable bonds is 7. The molecular weight excluding hydrogens is 356 g/mol. The van der Waals surface area contributed by atoms with E-state index in [1.807, 2.05) is 30.1 Å². The number of piperazine rings is 1. The minimum absolute atomic E-state index is 0.153. The molecule has 3 rings (SSSR count). The van der Waals surface area contributed by atoms with Crippen LogP contribution in [0.3, 0.4) is 0 Å². The minimum Gasteiger partial charge on any atom is -0.370 e. The Bertz CT molecular complexity index is 625. The zero-order chi connectivity index (χ0) is 19.6. The highest BCUT2D eigenvalue weighted by molar-refractivity contribution is 5.82. The molecule has 154 valence electrons. The van der Waals surface area contributed by atoms with Gasteiger partial charge in [0.15, 0.2) is 5.96 Å². The van der Waals surface area contributed by atoms with Crippen LogP contribution in [0, 0.1) is 0 Å². The van der Waals surface area contributed by atoms with Gasteiger partial charge in [-0.05, 0) is 37.8 Å². The molecule has 0 radical (unpaired) electrons. The summed E-state index contributed by atoms with van der Waals surface area (Å²) in [7, 11) is 1.81. The summed E-state index contributed by atoms with van der Waals surface area (Å²) in [5.74, 6) is 1.99. The number of hydrogen-bond donors (Lipinski definition) is 2. The van der Waals surface area contributed by atoms with Gasteiger partial charge in [-0.2, -0.15) is 0 Å². The summed E-state index contributed by atoms with van der Waals surface area (Å²) < 4.78 is 5.53. The largest absolute Gasteiger partial charge is 0.370 e. The van der Waals surface area contributed by atoms with Crippen molar-refractivity contribution in [3.63, 3.8) is 0 Å². The van der Waals surface area contributed by atoms with Crippen LogP contribution in [0.5, 0.6) is 0 Å². The van der Waals surface area contributed by atoms with Crippen LogP contribution in [-0.4, -0.2) is 85.7 Å². The topological polar surface area (TPSA) is 82.1 Å². The van der Waals surface area contributed by atoms with E-state index in [9.17, 15) is 4.79 Å². The molecule has 8 heteroatoms. The van der Waals surface area contributed by atoms with Gasteiger partial charge in [0.2, 0.25) is 0 Å². The fraction of sp³-hybridized carbons (Fsp3) is 0.650. The van der Waals surface area contributed by atoms with Crippen LogP contribution in [0.1, 0.15) is 25.7 Å². The SMILES string of the molecule is CN=C(NCCCCNc1ccccn1)N1CCN(C(=O)C2CCCO2)CC1. The number of anilines is 1. The summed E-state index contributed by atoms with van der Waals surface area (Å²) in [4.78, 5) is 25.3. The van der Waals surface area contributed by atoms with Gasteiger partial charge in [0, 0.05) is 59.1 Å². The molecule has 8 nitrogen and oxygen atoms in total. The molecule has 2 aliphatic heterocycles. The molecule has 0 saturated carbocycles. The summed E-state index contributed by atoms with van der Waals surface area (Å²) >= 11 is 0. The summed E-state index contributed by atoms with van der Waals surface area (Å²) in [5.41, 5.74) is 0. The molecule has 2 N–H and O–H groups in total. The van der Waals surface area contributed by atoms with E-state index in [2.05, 4.69) is 25.5 Å². The molecular formula is C20H32N6O2. The Morgan fingerprint density at radius 1 is 1.21 bits per heavy atom. The van der Waals surface area contributed by atoms with E-state index in [4.69, 9.17) is 4.74 Å². The highest BCUT2D eigenvalue weighted by atomic mass is 16.5. The zero-order valence-electron chi connectivity index (χ0n) is 16.8. The van der Waals surface area contributed by atoms with Crippen molar-refractivity contribution in [2.24, 2.45) is 4.99 Å². The molecule has 2 fully saturated rings. The third kappa shape index (κ3) is 5.82. The molecule has 0 aromatic carbocycles. The Balaban J connectivity index is 1.30. The molecule has 0 bridgehead atoms. The number of carbonyl (C=O) groups is 1. The lowest BCUT2D eigenvalue weighted by Crippen LogP contribution is -2.55. The molecule has 0 aliphatic carbocycles. The first-order valence-corrected chi connectivity index (χ1v) is 10.3. The second-order valence-electron chi connectivity index (χ2n) is 7.14. The lowest BCUT2D eigenvalue weighted by atomic mass is 10.2. The maximum Gasteiger partial charge on any atom is 0.251 e. The van der Waals surface area contributed by atoms with Crippen LogP contribution in [0.15, 0.2) is 29.4 Å². The Morgan fingerprint density at radius 2 is 2.00 bits per heavy atom. The van der Waals surface area contributed by atoms with Gasteiger partial charge in [-0.1, -0.05) is 6.07 Å². The van der Waals surface area contributed by atoms with E-state index >= 15 is 0 Å². The van der Waals surface area contributed by atoms with E-state index in [-0.39, 0.29) is 12.0 Å². The first-order valence-electron chi connectivity index (χ1n) is 10.3. The van der Waals surface area contributed by atoms with Crippen molar-refractivity contribution in [3.8, 4) is 0 Å². The number of hydrogen-bond acceptors (Lipinski definition) is 5. The van der Waals surface area contributed by atoms with E-state index in [0.717, 1.165) is 76.7 Å². The Labute approximate surface area is 167 Å². The zero-order valence-corrected chi connectivity index (χ0v) is 16.8. The molecule has 2 aliphatic rings. The Hall–Kier alpha value is -2.35. The number of aromatic nitrogens is 1. The lowest BCUT2D eigenvalue weighted by Gasteiger charge is -2.37.